The second kappa shape index (κ2) is 10.8. The van der Waals surface area contributed by atoms with Crippen LogP contribution in [0.2, 0.25) is 15.1 Å². The lowest BCUT2D eigenvalue weighted by Crippen LogP contribution is -2.35. The van der Waals surface area contributed by atoms with Crippen molar-refractivity contribution in [2.45, 2.75) is 30.4 Å². The maximum Gasteiger partial charge on any atom is 0.255 e. The average molecular weight is 557 g/mol. The molecule has 35 heavy (non-hydrogen) atoms. The standard InChI is InChI=1S/C23H20Cl3N3O5S/c1-3-21(35(33,34)14-6-4-12(2)27-11-14)23(32)28-18-10-20(30)19(9-17(18)26)29-22(31)13-5-7-15(24)16(25)8-13/h4-11,21,30H,3H2,1-2H3,(H,28,32)(H,29,31). The molecular weight excluding hydrogens is 537 g/mol. The first kappa shape index (κ1) is 26.7. The number of phenols is 1. The summed E-state index contributed by atoms with van der Waals surface area (Å²) in [5.41, 5.74) is 0.760. The van der Waals surface area contributed by atoms with Gasteiger partial charge in [-0.05, 0) is 49.7 Å². The maximum absolute atomic E-state index is 13.0. The molecule has 184 valence electrons. The monoisotopic (exact) mass is 555 g/mol. The molecule has 1 aromatic heterocycles. The van der Waals surface area contributed by atoms with Crippen LogP contribution in [0.1, 0.15) is 29.4 Å². The number of nitrogens with zero attached hydrogens (tertiary/aromatic N) is 1. The van der Waals surface area contributed by atoms with Crippen LogP contribution in [0.25, 0.3) is 0 Å². The van der Waals surface area contributed by atoms with Gasteiger partial charge in [0.15, 0.2) is 9.84 Å². The van der Waals surface area contributed by atoms with Gasteiger partial charge < -0.3 is 15.7 Å². The van der Waals surface area contributed by atoms with Crippen molar-refractivity contribution < 1.29 is 23.1 Å². The molecule has 0 bridgehead atoms. The summed E-state index contributed by atoms with van der Waals surface area (Å²) < 4.78 is 25.9. The van der Waals surface area contributed by atoms with Gasteiger partial charge in [0.1, 0.15) is 11.0 Å². The molecule has 0 aliphatic carbocycles. The molecule has 0 radical (unpaired) electrons. The molecule has 0 fully saturated rings. The third kappa shape index (κ3) is 6.05. The van der Waals surface area contributed by atoms with Gasteiger partial charge in [-0.25, -0.2) is 8.42 Å². The molecule has 0 spiro atoms. The van der Waals surface area contributed by atoms with Crippen LogP contribution in [0.4, 0.5) is 11.4 Å². The normalized spacial score (nSPS) is 12.1. The van der Waals surface area contributed by atoms with Gasteiger partial charge in [0.2, 0.25) is 5.91 Å². The van der Waals surface area contributed by atoms with E-state index < -0.39 is 32.7 Å². The zero-order valence-electron chi connectivity index (χ0n) is 18.5. The van der Waals surface area contributed by atoms with E-state index in [1.165, 1.54) is 42.6 Å². The number of carbonyl (C=O) groups excluding carboxylic acids is 2. The van der Waals surface area contributed by atoms with E-state index in [4.69, 9.17) is 34.8 Å². The number of hydrogen-bond donors (Lipinski definition) is 3. The molecule has 0 aliphatic heterocycles. The predicted molar refractivity (Wildman–Crippen MR) is 136 cm³/mol. The number of phenolic OH excluding ortho intramolecular Hbond substituents is 1. The van der Waals surface area contributed by atoms with E-state index in [1.54, 1.807) is 13.8 Å². The molecule has 0 saturated carbocycles. The Kier molecular flexibility index (Phi) is 8.27. The highest BCUT2D eigenvalue weighted by Crippen LogP contribution is 2.35. The van der Waals surface area contributed by atoms with Crippen molar-refractivity contribution in [3.8, 4) is 5.75 Å². The summed E-state index contributed by atoms with van der Waals surface area (Å²) in [6.45, 7) is 3.27. The third-order valence-corrected chi connectivity index (χ3v) is 8.27. The minimum atomic E-state index is -4.03. The van der Waals surface area contributed by atoms with Crippen molar-refractivity contribution in [3.63, 3.8) is 0 Å². The summed E-state index contributed by atoms with van der Waals surface area (Å²) in [6.07, 6.45) is 1.19. The SMILES string of the molecule is CCC(C(=O)Nc1cc(O)c(NC(=O)c2ccc(Cl)c(Cl)c2)cc1Cl)S(=O)(=O)c1ccc(C)nc1. The quantitative estimate of drug-likeness (QED) is 0.330. The van der Waals surface area contributed by atoms with Gasteiger partial charge in [-0.3, -0.25) is 14.6 Å². The Morgan fingerprint density at radius 2 is 1.69 bits per heavy atom. The first-order valence-electron chi connectivity index (χ1n) is 10.2. The number of anilines is 2. The number of rotatable bonds is 7. The van der Waals surface area contributed by atoms with E-state index in [0.29, 0.717) is 5.69 Å². The number of carbonyl (C=O) groups is 2. The Balaban J connectivity index is 1.80. The Bertz CT molecular complexity index is 1400. The molecule has 1 atom stereocenters. The molecule has 3 aromatic rings. The van der Waals surface area contributed by atoms with Gasteiger partial charge in [-0.1, -0.05) is 41.7 Å². The largest absolute Gasteiger partial charge is 0.506 e. The minimum absolute atomic E-state index is 0.0105. The highest BCUT2D eigenvalue weighted by Gasteiger charge is 2.33. The van der Waals surface area contributed by atoms with Crippen LogP contribution in [0, 0.1) is 6.92 Å². The number of aryl methyl sites for hydroxylation is 1. The fraction of sp³-hybridized carbons (Fsp3) is 0.174. The van der Waals surface area contributed by atoms with Crippen LogP contribution < -0.4 is 10.6 Å². The van der Waals surface area contributed by atoms with Gasteiger partial charge in [0.25, 0.3) is 5.91 Å². The number of sulfone groups is 1. The number of hydrogen-bond acceptors (Lipinski definition) is 6. The summed E-state index contributed by atoms with van der Waals surface area (Å²) in [7, 11) is -4.03. The lowest BCUT2D eigenvalue weighted by molar-refractivity contribution is -0.115. The van der Waals surface area contributed by atoms with Crippen molar-refractivity contribution >= 4 is 67.8 Å². The Labute approximate surface area is 217 Å². The third-order valence-electron chi connectivity index (χ3n) is 5.02. The summed E-state index contributed by atoms with van der Waals surface area (Å²) in [4.78, 5) is 29.2. The lowest BCUT2D eigenvalue weighted by Gasteiger charge is -2.17. The van der Waals surface area contributed by atoms with Gasteiger partial charge in [-0.2, -0.15) is 0 Å². The maximum atomic E-state index is 13.0. The number of aromatic nitrogens is 1. The van der Waals surface area contributed by atoms with Crippen molar-refractivity contribution in [1.82, 2.24) is 4.98 Å². The number of benzene rings is 2. The van der Waals surface area contributed by atoms with Crippen LogP contribution in [-0.2, 0) is 14.6 Å². The fourth-order valence-electron chi connectivity index (χ4n) is 3.14. The fourth-order valence-corrected chi connectivity index (χ4v) is 5.21. The topological polar surface area (TPSA) is 125 Å². The van der Waals surface area contributed by atoms with Gasteiger partial charge in [0, 0.05) is 23.5 Å². The average Bonchev–Trinajstić information content (AvgIpc) is 2.79. The van der Waals surface area contributed by atoms with E-state index in [9.17, 15) is 23.1 Å². The number of pyridine rings is 1. The molecule has 1 unspecified atom stereocenters. The molecule has 2 amide bonds. The van der Waals surface area contributed by atoms with Crippen molar-refractivity contribution in [2.24, 2.45) is 0 Å². The second-order valence-corrected chi connectivity index (χ2v) is 10.9. The van der Waals surface area contributed by atoms with Crippen LogP contribution >= 0.6 is 34.8 Å². The van der Waals surface area contributed by atoms with Gasteiger partial charge in [0.05, 0.1) is 31.3 Å². The second-order valence-electron chi connectivity index (χ2n) is 7.50. The molecule has 2 aromatic carbocycles. The number of aromatic hydroxyl groups is 1. The predicted octanol–water partition coefficient (Wildman–Crippen LogP) is 5.50. The van der Waals surface area contributed by atoms with E-state index in [1.807, 2.05) is 0 Å². The van der Waals surface area contributed by atoms with Crippen molar-refractivity contribution in [2.75, 3.05) is 10.6 Å². The number of nitrogens with one attached hydrogen (secondary N) is 2. The van der Waals surface area contributed by atoms with E-state index in [0.717, 1.165) is 6.07 Å². The zero-order chi connectivity index (χ0) is 25.9. The molecular formula is C23H20Cl3N3O5S. The summed E-state index contributed by atoms with van der Waals surface area (Å²) in [5.74, 6) is -1.82. The number of halogens is 3. The molecule has 0 aliphatic rings. The summed E-state index contributed by atoms with van der Waals surface area (Å²) >= 11 is 18.0. The van der Waals surface area contributed by atoms with Crippen LogP contribution in [0.5, 0.6) is 5.75 Å². The first-order valence-corrected chi connectivity index (χ1v) is 12.9. The minimum Gasteiger partial charge on any atom is -0.506 e. The summed E-state index contributed by atoms with van der Waals surface area (Å²) in [6, 6.07) is 9.52. The van der Waals surface area contributed by atoms with E-state index >= 15 is 0 Å². The first-order chi connectivity index (χ1) is 16.4. The highest BCUT2D eigenvalue weighted by molar-refractivity contribution is 7.92. The molecule has 12 heteroatoms. The lowest BCUT2D eigenvalue weighted by atomic mass is 10.2. The van der Waals surface area contributed by atoms with Crippen molar-refractivity contribution in [3.05, 3.63) is 75.0 Å². The van der Waals surface area contributed by atoms with Crippen LogP contribution in [0.3, 0.4) is 0 Å². The smallest absolute Gasteiger partial charge is 0.255 e. The molecule has 0 saturated heterocycles. The van der Waals surface area contributed by atoms with E-state index in [-0.39, 0.29) is 43.3 Å². The molecule has 1 heterocycles. The van der Waals surface area contributed by atoms with Crippen LogP contribution in [0.15, 0.2) is 53.6 Å². The highest BCUT2D eigenvalue weighted by atomic mass is 35.5. The van der Waals surface area contributed by atoms with E-state index in [2.05, 4.69) is 15.6 Å². The number of amides is 2. The zero-order valence-corrected chi connectivity index (χ0v) is 21.6. The molecule has 8 nitrogen and oxygen atoms in total. The molecule has 3 N–H and O–H groups in total. The van der Waals surface area contributed by atoms with Gasteiger partial charge in [-0.15, -0.1) is 0 Å². The van der Waals surface area contributed by atoms with Gasteiger partial charge >= 0.3 is 0 Å². The summed E-state index contributed by atoms with van der Waals surface area (Å²) in [5, 5.41) is 14.3. The molecule has 3 rings (SSSR count). The Hall–Kier alpha value is -2.85. The Morgan fingerprint density at radius 3 is 2.29 bits per heavy atom. The Morgan fingerprint density at radius 1 is 0.971 bits per heavy atom. The van der Waals surface area contributed by atoms with Crippen LogP contribution in [-0.4, -0.2) is 35.6 Å². The van der Waals surface area contributed by atoms with Crippen molar-refractivity contribution in [1.29, 1.82) is 0 Å².